The smallest absolute Gasteiger partial charge is 0.326 e. The third-order valence-corrected chi connectivity index (χ3v) is 5.15. The van der Waals surface area contributed by atoms with Gasteiger partial charge in [0.05, 0.1) is 16.9 Å². The number of rotatable bonds is 6. The van der Waals surface area contributed by atoms with Crippen LogP contribution in [0, 0.1) is 0 Å². The van der Waals surface area contributed by atoms with E-state index in [9.17, 15) is 27.6 Å². The number of nitrogens with one attached hydrogen (secondary N) is 2. The molecule has 3 amide bonds. The van der Waals surface area contributed by atoms with E-state index in [0.717, 1.165) is 28.4 Å². The highest BCUT2D eigenvalue weighted by Gasteiger charge is 2.31. The van der Waals surface area contributed by atoms with Crippen molar-refractivity contribution in [3.05, 3.63) is 71.2 Å². The van der Waals surface area contributed by atoms with E-state index < -0.39 is 23.6 Å². The fourth-order valence-electron chi connectivity index (χ4n) is 2.93. The summed E-state index contributed by atoms with van der Waals surface area (Å²) in [5, 5.41) is 6.99. The number of halogens is 3. The SMILES string of the molecule is CC(=O)Nc1cccc(NC(=O)/C=C/c2csc(N(C(C)=O)c3cccc(C(F)(F)F)c3)n2)c1. The van der Waals surface area contributed by atoms with Gasteiger partial charge in [-0.1, -0.05) is 12.1 Å². The average molecular weight is 488 g/mol. The van der Waals surface area contributed by atoms with Crippen LogP contribution in [-0.2, 0) is 20.6 Å². The first-order valence-electron chi connectivity index (χ1n) is 9.83. The Morgan fingerprint density at radius 1 is 1.00 bits per heavy atom. The van der Waals surface area contributed by atoms with Gasteiger partial charge in [-0.2, -0.15) is 13.2 Å². The molecule has 0 atom stereocenters. The zero-order valence-electron chi connectivity index (χ0n) is 18.0. The van der Waals surface area contributed by atoms with Gasteiger partial charge < -0.3 is 10.6 Å². The van der Waals surface area contributed by atoms with Crippen LogP contribution in [0.3, 0.4) is 0 Å². The van der Waals surface area contributed by atoms with Crippen LogP contribution in [0.2, 0.25) is 0 Å². The third-order valence-electron chi connectivity index (χ3n) is 4.30. The summed E-state index contributed by atoms with van der Waals surface area (Å²) in [6.07, 6.45) is -1.91. The maximum Gasteiger partial charge on any atom is 0.416 e. The molecule has 1 aromatic heterocycles. The Morgan fingerprint density at radius 3 is 2.32 bits per heavy atom. The third kappa shape index (κ3) is 6.51. The van der Waals surface area contributed by atoms with Crippen molar-refractivity contribution in [3.8, 4) is 0 Å². The number of benzene rings is 2. The predicted molar refractivity (Wildman–Crippen MR) is 125 cm³/mol. The van der Waals surface area contributed by atoms with E-state index in [1.165, 1.54) is 38.1 Å². The molecule has 0 unspecified atom stereocenters. The number of hydrogen-bond donors (Lipinski definition) is 2. The molecule has 0 aliphatic rings. The Hall–Kier alpha value is -3.99. The Labute approximate surface area is 196 Å². The Kier molecular flexibility index (Phi) is 7.47. The lowest BCUT2D eigenvalue weighted by Crippen LogP contribution is -2.23. The minimum Gasteiger partial charge on any atom is -0.326 e. The van der Waals surface area contributed by atoms with Gasteiger partial charge in [-0.3, -0.25) is 19.3 Å². The van der Waals surface area contributed by atoms with E-state index in [1.54, 1.807) is 29.6 Å². The fourth-order valence-corrected chi connectivity index (χ4v) is 3.78. The van der Waals surface area contributed by atoms with Crippen molar-refractivity contribution in [2.75, 3.05) is 15.5 Å². The molecule has 0 bridgehead atoms. The van der Waals surface area contributed by atoms with Gasteiger partial charge >= 0.3 is 6.18 Å². The van der Waals surface area contributed by atoms with Crippen LogP contribution < -0.4 is 15.5 Å². The van der Waals surface area contributed by atoms with E-state index in [0.29, 0.717) is 17.1 Å². The number of alkyl halides is 3. The second-order valence-corrected chi connectivity index (χ2v) is 7.88. The van der Waals surface area contributed by atoms with Gasteiger partial charge in [-0.05, 0) is 42.5 Å². The number of thiazole rings is 1. The minimum atomic E-state index is -4.55. The van der Waals surface area contributed by atoms with Crippen LogP contribution in [0.15, 0.2) is 60.0 Å². The van der Waals surface area contributed by atoms with Crippen molar-refractivity contribution < 1.29 is 27.6 Å². The lowest BCUT2D eigenvalue weighted by molar-refractivity contribution is -0.137. The second kappa shape index (κ2) is 10.3. The van der Waals surface area contributed by atoms with Crippen molar-refractivity contribution in [1.29, 1.82) is 0 Å². The van der Waals surface area contributed by atoms with Gasteiger partial charge in [0.15, 0.2) is 5.13 Å². The van der Waals surface area contributed by atoms with E-state index >= 15 is 0 Å². The first-order chi connectivity index (χ1) is 16.0. The molecule has 34 heavy (non-hydrogen) atoms. The summed E-state index contributed by atoms with van der Waals surface area (Å²) in [6, 6.07) is 11.0. The number of hydrogen-bond acceptors (Lipinski definition) is 5. The molecule has 7 nitrogen and oxygen atoms in total. The first kappa shape index (κ1) is 24.6. The number of nitrogens with zero attached hydrogens (tertiary/aromatic N) is 2. The van der Waals surface area contributed by atoms with Crippen LogP contribution in [0.25, 0.3) is 6.08 Å². The highest BCUT2D eigenvalue weighted by Crippen LogP contribution is 2.35. The van der Waals surface area contributed by atoms with E-state index in [1.807, 2.05) is 0 Å². The molecule has 3 aromatic rings. The van der Waals surface area contributed by atoms with Gasteiger partial charge in [-0.15, -0.1) is 11.3 Å². The Balaban J connectivity index is 1.74. The first-order valence-corrected chi connectivity index (χ1v) is 10.7. The molecule has 0 aliphatic heterocycles. The molecule has 11 heteroatoms. The quantitative estimate of drug-likeness (QED) is 0.451. The maximum absolute atomic E-state index is 13.1. The summed E-state index contributed by atoms with van der Waals surface area (Å²) in [5.74, 6) is -1.22. The summed E-state index contributed by atoms with van der Waals surface area (Å²) < 4.78 is 39.2. The van der Waals surface area contributed by atoms with E-state index in [4.69, 9.17) is 0 Å². The maximum atomic E-state index is 13.1. The molecule has 0 fully saturated rings. The molecule has 1 heterocycles. The molecule has 176 valence electrons. The van der Waals surface area contributed by atoms with Gasteiger partial charge in [0.1, 0.15) is 0 Å². The van der Waals surface area contributed by atoms with Crippen molar-refractivity contribution >= 4 is 57.3 Å². The summed E-state index contributed by atoms with van der Waals surface area (Å²) >= 11 is 1.05. The van der Waals surface area contributed by atoms with E-state index in [-0.39, 0.29) is 16.7 Å². The standard InChI is InChI=1S/C23H19F3N4O3S/c1-14(31)27-17-6-4-7-18(12-17)28-21(33)10-9-19-13-34-22(29-19)30(15(2)32)20-8-3-5-16(11-20)23(24,25)26/h3-13H,1-2H3,(H,27,31)(H,28,33)/b10-9+. The van der Waals surface area contributed by atoms with Crippen molar-refractivity contribution in [3.63, 3.8) is 0 Å². The topological polar surface area (TPSA) is 91.4 Å². The number of aromatic nitrogens is 1. The monoisotopic (exact) mass is 488 g/mol. The lowest BCUT2D eigenvalue weighted by atomic mass is 10.2. The van der Waals surface area contributed by atoms with Gasteiger partial charge in [0.2, 0.25) is 17.7 Å². The zero-order chi connectivity index (χ0) is 24.9. The average Bonchev–Trinajstić information content (AvgIpc) is 3.20. The molecule has 0 radical (unpaired) electrons. The Bertz CT molecular complexity index is 1250. The number of anilines is 4. The van der Waals surface area contributed by atoms with Crippen LogP contribution in [-0.4, -0.2) is 22.7 Å². The number of amides is 3. The zero-order valence-corrected chi connectivity index (χ0v) is 18.8. The van der Waals surface area contributed by atoms with Gasteiger partial charge in [0.25, 0.3) is 0 Å². The highest BCUT2D eigenvalue weighted by atomic mass is 32.1. The highest BCUT2D eigenvalue weighted by molar-refractivity contribution is 7.14. The van der Waals surface area contributed by atoms with E-state index in [2.05, 4.69) is 15.6 Å². The van der Waals surface area contributed by atoms with Crippen LogP contribution in [0.1, 0.15) is 25.1 Å². The van der Waals surface area contributed by atoms with Crippen LogP contribution >= 0.6 is 11.3 Å². The van der Waals surface area contributed by atoms with Crippen molar-refractivity contribution in [1.82, 2.24) is 4.98 Å². The largest absolute Gasteiger partial charge is 0.416 e. The van der Waals surface area contributed by atoms with Crippen LogP contribution in [0.4, 0.5) is 35.4 Å². The van der Waals surface area contributed by atoms with Crippen molar-refractivity contribution in [2.45, 2.75) is 20.0 Å². The second-order valence-electron chi connectivity index (χ2n) is 7.04. The summed E-state index contributed by atoms with van der Waals surface area (Å²) in [5.41, 5.74) is 0.487. The summed E-state index contributed by atoms with van der Waals surface area (Å²) in [6.45, 7) is 2.59. The predicted octanol–water partition coefficient (Wildman–Crippen LogP) is 5.46. The molecule has 0 aliphatic carbocycles. The molecule has 3 rings (SSSR count). The van der Waals surface area contributed by atoms with Gasteiger partial charge in [0, 0.05) is 36.7 Å². The lowest BCUT2D eigenvalue weighted by Gasteiger charge is -2.19. The normalized spacial score (nSPS) is 11.3. The molecule has 2 N–H and O–H groups in total. The Morgan fingerprint density at radius 2 is 1.68 bits per heavy atom. The van der Waals surface area contributed by atoms with Crippen LogP contribution in [0.5, 0.6) is 0 Å². The number of carbonyl (C=O) groups excluding carboxylic acids is 3. The summed E-state index contributed by atoms with van der Waals surface area (Å²) in [4.78, 5) is 40.9. The molecule has 0 saturated heterocycles. The minimum absolute atomic E-state index is 0.0315. The molecular weight excluding hydrogens is 469 g/mol. The molecule has 0 saturated carbocycles. The fraction of sp³-hybridized carbons (Fsp3) is 0.130. The van der Waals surface area contributed by atoms with Gasteiger partial charge in [-0.25, -0.2) is 4.98 Å². The number of carbonyl (C=O) groups is 3. The van der Waals surface area contributed by atoms with Crippen molar-refractivity contribution in [2.24, 2.45) is 0 Å². The molecule has 0 spiro atoms. The summed E-state index contributed by atoms with van der Waals surface area (Å²) in [7, 11) is 0. The molecular formula is C23H19F3N4O3S. The molecule has 2 aromatic carbocycles.